The third-order valence-corrected chi connectivity index (χ3v) is 7.22. The summed E-state index contributed by atoms with van der Waals surface area (Å²) in [6.45, 7) is 0.658. The molecule has 10 atom stereocenters. The molecule has 0 spiro atoms. The zero-order valence-electron chi connectivity index (χ0n) is 22.0. The number of aliphatic hydroxyl groups is 6. The van der Waals surface area contributed by atoms with Gasteiger partial charge in [-0.15, -0.1) is 0 Å². The minimum atomic E-state index is -1.81. The highest BCUT2D eigenvalue weighted by atomic mass is 16.8. The van der Waals surface area contributed by atoms with Gasteiger partial charge in [0.05, 0.1) is 24.3 Å². The first-order chi connectivity index (χ1) is 19.9. The molecule has 15 nitrogen and oxygen atoms in total. The third kappa shape index (κ3) is 5.49. The van der Waals surface area contributed by atoms with E-state index in [0.717, 1.165) is 12.1 Å². The molecule has 2 aromatic carbocycles. The second-order valence-electron chi connectivity index (χ2n) is 10.1. The molecule has 3 aromatic rings. The van der Waals surface area contributed by atoms with Crippen molar-refractivity contribution in [3.05, 3.63) is 36.4 Å². The number of ether oxygens (including phenoxy) is 4. The van der Waals surface area contributed by atoms with Crippen LogP contribution in [0, 0.1) is 0 Å². The van der Waals surface area contributed by atoms with E-state index in [-0.39, 0.29) is 33.8 Å². The number of hydrogen-bond acceptors (Lipinski definition) is 14. The Bertz CT molecular complexity index is 1430. The Balaban J connectivity index is 1.57. The second kappa shape index (κ2) is 11.6. The van der Waals surface area contributed by atoms with Crippen molar-refractivity contribution >= 4 is 11.0 Å². The Morgan fingerprint density at radius 1 is 0.762 bits per heavy atom. The van der Waals surface area contributed by atoms with Crippen molar-refractivity contribution in [2.24, 2.45) is 0 Å². The number of hydrogen-bond donors (Lipinski definition) is 10. The number of aliphatic hydroxyl groups excluding tert-OH is 6. The molecule has 2 saturated heterocycles. The Kier molecular flexibility index (Phi) is 8.30. The van der Waals surface area contributed by atoms with Gasteiger partial charge in [-0.25, -0.2) is 4.42 Å². The van der Waals surface area contributed by atoms with Crippen molar-refractivity contribution in [2.45, 2.75) is 68.3 Å². The summed E-state index contributed by atoms with van der Waals surface area (Å²) >= 11 is 0. The lowest BCUT2D eigenvalue weighted by molar-refractivity contribution is -0.354. The van der Waals surface area contributed by atoms with Crippen molar-refractivity contribution in [3.8, 4) is 40.1 Å². The summed E-state index contributed by atoms with van der Waals surface area (Å²) in [7, 11) is 0. The van der Waals surface area contributed by atoms with Gasteiger partial charge < -0.3 is 70.0 Å². The van der Waals surface area contributed by atoms with E-state index in [1.165, 1.54) is 31.2 Å². The highest BCUT2D eigenvalue weighted by Crippen LogP contribution is 2.42. The SMILES string of the molecule is CC1OC(OC2C(Oc3cc4c(O)cc(O)cc4[o+]c3-c3ccc(O)c(O)c3)OC(CO)C(O)C2O)C(O)C(O)C1O. The summed E-state index contributed by atoms with van der Waals surface area (Å²) in [5.41, 5.74) is 0.137. The van der Waals surface area contributed by atoms with Crippen molar-refractivity contribution in [1.29, 1.82) is 0 Å². The third-order valence-electron chi connectivity index (χ3n) is 7.22. The van der Waals surface area contributed by atoms with E-state index in [9.17, 15) is 51.1 Å². The van der Waals surface area contributed by atoms with E-state index in [2.05, 4.69) is 0 Å². The van der Waals surface area contributed by atoms with E-state index >= 15 is 0 Å². The molecule has 2 fully saturated rings. The predicted molar refractivity (Wildman–Crippen MR) is 138 cm³/mol. The molecule has 15 heteroatoms. The van der Waals surface area contributed by atoms with Gasteiger partial charge in [-0.05, 0) is 19.1 Å². The molecule has 0 amide bonds. The van der Waals surface area contributed by atoms with Crippen LogP contribution in [0.15, 0.2) is 40.8 Å². The molecule has 2 aliphatic heterocycles. The monoisotopic (exact) mass is 595 g/mol. The molecule has 10 N–H and O–H groups in total. The van der Waals surface area contributed by atoms with Crippen LogP contribution >= 0.6 is 0 Å². The average molecular weight is 596 g/mol. The van der Waals surface area contributed by atoms with Gasteiger partial charge in [-0.3, -0.25) is 0 Å². The molecule has 5 rings (SSSR count). The summed E-state index contributed by atoms with van der Waals surface area (Å²) in [5, 5.41) is 102. The summed E-state index contributed by atoms with van der Waals surface area (Å²) < 4.78 is 28.8. The van der Waals surface area contributed by atoms with E-state index in [1.807, 2.05) is 0 Å². The van der Waals surface area contributed by atoms with Gasteiger partial charge in [0.25, 0.3) is 0 Å². The number of phenolic OH excluding ortho intramolecular Hbond substituents is 4. The van der Waals surface area contributed by atoms with E-state index < -0.39 is 85.3 Å². The number of phenols is 4. The van der Waals surface area contributed by atoms with Crippen LogP contribution in [-0.2, 0) is 14.2 Å². The summed E-state index contributed by atoms with van der Waals surface area (Å²) in [6.07, 6.45) is -15.7. The van der Waals surface area contributed by atoms with Crippen LogP contribution < -0.4 is 4.74 Å². The molecule has 1 aromatic heterocycles. The van der Waals surface area contributed by atoms with Crippen molar-refractivity contribution in [2.75, 3.05) is 6.61 Å². The zero-order valence-corrected chi connectivity index (χ0v) is 22.0. The highest BCUT2D eigenvalue weighted by molar-refractivity contribution is 5.88. The highest BCUT2D eigenvalue weighted by Gasteiger charge is 2.51. The summed E-state index contributed by atoms with van der Waals surface area (Å²) in [6, 6.07) is 7.20. The maximum Gasteiger partial charge on any atom is 0.402 e. The molecule has 0 radical (unpaired) electrons. The summed E-state index contributed by atoms with van der Waals surface area (Å²) in [4.78, 5) is 0. The van der Waals surface area contributed by atoms with Gasteiger partial charge in [0, 0.05) is 18.2 Å². The van der Waals surface area contributed by atoms with Crippen LogP contribution in [0.5, 0.6) is 28.7 Å². The molecule has 2 aliphatic rings. The van der Waals surface area contributed by atoms with Crippen molar-refractivity contribution < 1.29 is 74.4 Å². The van der Waals surface area contributed by atoms with Crippen LogP contribution in [0.4, 0.5) is 0 Å². The number of fused-ring (bicyclic) bond motifs is 1. The topological polar surface area (TPSA) is 251 Å². The molecule has 228 valence electrons. The normalized spacial score (nSPS) is 33.5. The van der Waals surface area contributed by atoms with E-state index in [1.54, 1.807) is 0 Å². The van der Waals surface area contributed by atoms with Gasteiger partial charge >= 0.3 is 11.3 Å². The standard InChI is InChI=1S/C27H30O15/c1-9-19(33)21(35)23(37)26(38-9)42-25-22(36)20(34)18(8-28)41-27(25)40-17-7-12-14(31)5-11(29)6-16(12)39-24(17)10-2-3-13(30)15(32)4-10/h2-7,9,18-23,25-28,33-37H,8H2,1H3,(H3-,29,30,31,32)/p+1. The van der Waals surface area contributed by atoms with Crippen LogP contribution in [0.3, 0.4) is 0 Å². The van der Waals surface area contributed by atoms with Gasteiger partial charge in [-0.1, -0.05) is 0 Å². The fourth-order valence-corrected chi connectivity index (χ4v) is 4.84. The maximum absolute atomic E-state index is 10.9. The van der Waals surface area contributed by atoms with Crippen LogP contribution in [0.1, 0.15) is 6.92 Å². The Morgan fingerprint density at radius 2 is 1.50 bits per heavy atom. The molecule has 0 saturated carbocycles. The molecule has 0 aliphatic carbocycles. The first kappa shape index (κ1) is 30.0. The first-order valence-electron chi connectivity index (χ1n) is 12.9. The first-order valence-corrected chi connectivity index (χ1v) is 12.9. The molecular formula is C27H31O15+. The molecular weight excluding hydrogens is 564 g/mol. The van der Waals surface area contributed by atoms with E-state index in [4.69, 9.17) is 23.4 Å². The minimum Gasteiger partial charge on any atom is -0.507 e. The maximum atomic E-state index is 10.9. The number of aromatic hydroxyl groups is 4. The van der Waals surface area contributed by atoms with Gasteiger partial charge in [-0.2, -0.15) is 0 Å². The molecule has 0 bridgehead atoms. The fourth-order valence-electron chi connectivity index (χ4n) is 4.84. The van der Waals surface area contributed by atoms with Gasteiger partial charge in [0.15, 0.2) is 23.9 Å². The van der Waals surface area contributed by atoms with Crippen molar-refractivity contribution in [3.63, 3.8) is 0 Å². The Hall–Kier alpha value is -3.51. The smallest absolute Gasteiger partial charge is 0.402 e. The zero-order chi connectivity index (χ0) is 30.5. The minimum absolute atomic E-state index is 0.0104. The largest absolute Gasteiger partial charge is 0.507 e. The molecule has 42 heavy (non-hydrogen) atoms. The van der Waals surface area contributed by atoms with Crippen molar-refractivity contribution in [1.82, 2.24) is 0 Å². The van der Waals surface area contributed by atoms with Gasteiger partial charge in [0.2, 0.25) is 12.0 Å². The Morgan fingerprint density at radius 3 is 2.19 bits per heavy atom. The van der Waals surface area contributed by atoms with Crippen LogP contribution in [-0.4, -0.2) is 119 Å². The lowest BCUT2D eigenvalue weighted by Crippen LogP contribution is -2.64. The van der Waals surface area contributed by atoms with E-state index in [0.29, 0.717) is 0 Å². The lowest BCUT2D eigenvalue weighted by atomic mass is 9.97. The quantitative estimate of drug-likeness (QED) is 0.124. The lowest BCUT2D eigenvalue weighted by Gasteiger charge is -2.45. The molecule has 10 unspecified atom stereocenters. The number of rotatable bonds is 6. The predicted octanol–water partition coefficient (Wildman–Crippen LogP) is -0.766. The van der Waals surface area contributed by atoms with Gasteiger partial charge in [0.1, 0.15) is 53.5 Å². The molecule has 3 heterocycles. The average Bonchev–Trinajstić information content (AvgIpc) is 2.95. The summed E-state index contributed by atoms with van der Waals surface area (Å²) in [5.74, 6) is -1.98. The second-order valence-corrected chi connectivity index (χ2v) is 10.1. The fraction of sp³-hybridized carbons (Fsp3) is 0.444. The van der Waals surface area contributed by atoms with Crippen LogP contribution in [0.25, 0.3) is 22.3 Å². The Labute approximate surface area is 237 Å². The van der Waals surface area contributed by atoms with Crippen LogP contribution in [0.2, 0.25) is 0 Å². The number of benzene rings is 2.